The first kappa shape index (κ1) is 19.2. The zero-order chi connectivity index (χ0) is 15.7. The molecule has 0 saturated carbocycles. The molecule has 4 nitrogen and oxygen atoms in total. The van der Waals surface area contributed by atoms with Gasteiger partial charge in [0.25, 0.3) is 0 Å². The van der Waals surface area contributed by atoms with Gasteiger partial charge in [0.2, 0.25) is 0 Å². The average Bonchev–Trinajstić information content (AvgIpc) is 2.45. The summed E-state index contributed by atoms with van der Waals surface area (Å²) in [6.07, 6.45) is 5.44. The minimum atomic E-state index is 0. The Kier molecular flexibility index (Phi) is 6.53. The van der Waals surface area contributed by atoms with Crippen molar-refractivity contribution in [1.29, 1.82) is 0 Å². The first-order valence-electron chi connectivity index (χ1n) is 8.72. The summed E-state index contributed by atoms with van der Waals surface area (Å²) in [5, 5.41) is 0. The van der Waals surface area contributed by atoms with Crippen molar-refractivity contribution in [2.75, 3.05) is 39.4 Å². The van der Waals surface area contributed by atoms with E-state index in [0.29, 0.717) is 17.6 Å². The lowest BCUT2D eigenvalue weighted by Crippen LogP contribution is -3.00. The van der Waals surface area contributed by atoms with E-state index in [4.69, 9.17) is 9.47 Å². The number of halogens is 1. The molecule has 0 N–H and O–H groups in total. The summed E-state index contributed by atoms with van der Waals surface area (Å²) in [7, 11) is 0. The molecule has 2 unspecified atom stereocenters. The first-order chi connectivity index (χ1) is 10.4. The highest BCUT2D eigenvalue weighted by Gasteiger charge is 2.35. The lowest BCUT2D eigenvalue weighted by atomic mass is 9.78. The van der Waals surface area contributed by atoms with Crippen LogP contribution in [-0.4, -0.2) is 66.8 Å². The molecule has 3 aliphatic rings. The SMILES string of the molecule is CC1C[N+](=C2C=C(N3CCOCC3)CC(C)(C)C2)CC(C)O1.[I-]. The lowest BCUT2D eigenvalue weighted by molar-refractivity contribution is -0.567. The van der Waals surface area contributed by atoms with Crippen molar-refractivity contribution in [1.82, 2.24) is 4.90 Å². The van der Waals surface area contributed by atoms with Crippen molar-refractivity contribution < 1.29 is 38.0 Å². The molecular weight excluding hydrogens is 403 g/mol. The average molecular weight is 434 g/mol. The fourth-order valence-corrected chi connectivity index (χ4v) is 4.01. The topological polar surface area (TPSA) is 24.7 Å². The summed E-state index contributed by atoms with van der Waals surface area (Å²) in [6.45, 7) is 15.0. The van der Waals surface area contributed by atoms with Crippen LogP contribution in [0.4, 0.5) is 0 Å². The van der Waals surface area contributed by atoms with Crippen molar-refractivity contribution in [2.24, 2.45) is 5.41 Å². The molecule has 2 aliphatic heterocycles. The second kappa shape index (κ2) is 7.83. The van der Waals surface area contributed by atoms with Crippen LogP contribution < -0.4 is 24.0 Å². The summed E-state index contributed by atoms with van der Waals surface area (Å²) in [5.41, 5.74) is 3.34. The van der Waals surface area contributed by atoms with E-state index in [2.05, 4.69) is 43.2 Å². The molecule has 0 radical (unpaired) electrons. The summed E-state index contributed by atoms with van der Waals surface area (Å²) >= 11 is 0. The standard InChI is InChI=1S/C18H31N2O2.HI/c1-14-12-20(13-15(2)22-14)17-9-16(10-18(3,4)11-17)19-5-7-21-8-6-19;/h9,14-15H,5-8,10-13H2,1-4H3;1H/q+1;/p-1. The van der Waals surface area contributed by atoms with Gasteiger partial charge in [-0.2, -0.15) is 0 Å². The van der Waals surface area contributed by atoms with Gasteiger partial charge in [0.15, 0.2) is 18.8 Å². The second-order valence-corrected chi connectivity index (χ2v) is 7.91. The Morgan fingerprint density at radius 1 is 1.09 bits per heavy atom. The van der Waals surface area contributed by atoms with Crippen LogP contribution in [0.1, 0.15) is 40.5 Å². The monoisotopic (exact) mass is 434 g/mol. The highest BCUT2D eigenvalue weighted by atomic mass is 127. The maximum Gasteiger partial charge on any atom is 0.178 e. The molecule has 132 valence electrons. The Hall–Kier alpha value is -0.140. The number of hydrogen-bond acceptors (Lipinski definition) is 3. The number of morpholine rings is 2. The molecule has 2 atom stereocenters. The number of allylic oxidation sites excluding steroid dienone is 2. The van der Waals surface area contributed by atoms with Crippen molar-refractivity contribution in [3.8, 4) is 0 Å². The molecule has 5 heteroatoms. The molecule has 0 aromatic heterocycles. The Bertz CT molecular complexity index is 469. The van der Waals surface area contributed by atoms with E-state index in [0.717, 1.165) is 39.4 Å². The van der Waals surface area contributed by atoms with Crippen LogP contribution in [0.3, 0.4) is 0 Å². The highest BCUT2D eigenvalue weighted by molar-refractivity contribution is 5.92. The second-order valence-electron chi connectivity index (χ2n) is 7.91. The van der Waals surface area contributed by atoms with Crippen molar-refractivity contribution in [3.63, 3.8) is 0 Å². The fourth-order valence-electron chi connectivity index (χ4n) is 4.01. The van der Waals surface area contributed by atoms with Crippen LogP contribution in [0.15, 0.2) is 11.8 Å². The van der Waals surface area contributed by atoms with Gasteiger partial charge in [-0.1, -0.05) is 13.8 Å². The Labute approximate surface area is 157 Å². The summed E-state index contributed by atoms with van der Waals surface area (Å²) in [5.74, 6) is 0. The van der Waals surface area contributed by atoms with Crippen LogP contribution in [0.2, 0.25) is 0 Å². The van der Waals surface area contributed by atoms with Crippen molar-refractivity contribution >= 4 is 5.71 Å². The summed E-state index contributed by atoms with van der Waals surface area (Å²) in [4.78, 5) is 2.53. The van der Waals surface area contributed by atoms with Crippen LogP contribution in [0.5, 0.6) is 0 Å². The third-order valence-corrected chi connectivity index (χ3v) is 4.90. The molecule has 0 amide bonds. The number of rotatable bonds is 1. The molecule has 0 bridgehead atoms. The molecule has 0 aromatic carbocycles. The Balaban J connectivity index is 0.00000192. The fraction of sp³-hybridized carbons (Fsp3) is 0.833. The van der Waals surface area contributed by atoms with E-state index in [9.17, 15) is 0 Å². The number of nitrogens with zero attached hydrogens (tertiary/aromatic N) is 2. The van der Waals surface area contributed by atoms with E-state index in [1.807, 2.05) is 0 Å². The van der Waals surface area contributed by atoms with Gasteiger partial charge in [0.1, 0.15) is 12.2 Å². The zero-order valence-corrected chi connectivity index (χ0v) is 17.1. The molecule has 2 fully saturated rings. The van der Waals surface area contributed by atoms with Gasteiger partial charge in [0, 0.05) is 31.3 Å². The molecule has 1 aliphatic carbocycles. The predicted molar refractivity (Wildman–Crippen MR) is 88.5 cm³/mol. The predicted octanol–water partition coefficient (Wildman–Crippen LogP) is -0.713. The highest BCUT2D eigenvalue weighted by Crippen LogP contribution is 2.36. The van der Waals surface area contributed by atoms with Crippen LogP contribution in [0, 0.1) is 5.41 Å². The molecule has 3 rings (SSSR count). The van der Waals surface area contributed by atoms with Gasteiger partial charge < -0.3 is 38.4 Å². The van der Waals surface area contributed by atoms with Crippen LogP contribution >= 0.6 is 0 Å². The minimum absolute atomic E-state index is 0. The number of hydrogen-bond donors (Lipinski definition) is 0. The van der Waals surface area contributed by atoms with E-state index < -0.39 is 0 Å². The van der Waals surface area contributed by atoms with Gasteiger partial charge in [-0.3, -0.25) is 0 Å². The third kappa shape index (κ3) is 4.92. The Morgan fingerprint density at radius 3 is 2.30 bits per heavy atom. The summed E-state index contributed by atoms with van der Waals surface area (Å²) < 4.78 is 14.0. The van der Waals surface area contributed by atoms with E-state index in [1.165, 1.54) is 24.3 Å². The molecule has 2 saturated heterocycles. The van der Waals surface area contributed by atoms with Crippen molar-refractivity contribution in [3.05, 3.63) is 11.8 Å². The first-order valence-corrected chi connectivity index (χ1v) is 8.72. The van der Waals surface area contributed by atoms with Gasteiger partial charge >= 0.3 is 0 Å². The molecule has 0 spiro atoms. The molecule has 0 aromatic rings. The van der Waals surface area contributed by atoms with E-state index in [1.54, 1.807) is 0 Å². The molecular formula is C18H31IN2O2. The van der Waals surface area contributed by atoms with Gasteiger partial charge in [0.05, 0.1) is 13.2 Å². The normalized spacial score (nSPS) is 31.5. The molecule has 2 heterocycles. The minimum Gasteiger partial charge on any atom is -1.00 e. The zero-order valence-electron chi connectivity index (χ0n) is 15.0. The largest absolute Gasteiger partial charge is 1.00 e. The van der Waals surface area contributed by atoms with Gasteiger partial charge in [-0.05, 0) is 25.7 Å². The van der Waals surface area contributed by atoms with E-state index >= 15 is 0 Å². The van der Waals surface area contributed by atoms with Crippen LogP contribution in [0.25, 0.3) is 0 Å². The van der Waals surface area contributed by atoms with Gasteiger partial charge in [-0.15, -0.1) is 0 Å². The summed E-state index contributed by atoms with van der Waals surface area (Å²) in [6, 6.07) is 0. The van der Waals surface area contributed by atoms with Gasteiger partial charge in [-0.25, -0.2) is 4.58 Å². The maximum absolute atomic E-state index is 5.90. The maximum atomic E-state index is 5.90. The Morgan fingerprint density at radius 2 is 1.70 bits per heavy atom. The molecule has 23 heavy (non-hydrogen) atoms. The van der Waals surface area contributed by atoms with E-state index in [-0.39, 0.29) is 24.0 Å². The third-order valence-electron chi connectivity index (χ3n) is 4.90. The lowest BCUT2D eigenvalue weighted by Gasteiger charge is -2.38. The van der Waals surface area contributed by atoms with Crippen molar-refractivity contribution in [2.45, 2.75) is 52.7 Å². The smallest absolute Gasteiger partial charge is 0.178 e. The van der Waals surface area contributed by atoms with Crippen LogP contribution in [-0.2, 0) is 9.47 Å². The quantitative estimate of drug-likeness (QED) is 0.403. The number of ether oxygens (including phenoxy) is 2.